The summed E-state index contributed by atoms with van der Waals surface area (Å²) in [4.78, 5) is 4.95. The third kappa shape index (κ3) is 3.89. The number of nitrogens with one attached hydrogen (secondary N) is 1. The Hall–Kier alpha value is -0.380. The Bertz CT molecular complexity index is 205. The molecule has 0 bridgehead atoms. The number of nitrogens with zero attached hydrogens (tertiary/aromatic N) is 2. The summed E-state index contributed by atoms with van der Waals surface area (Å²) in [7, 11) is 4.47. The lowest BCUT2D eigenvalue weighted by Gasteiger charge is -2.34. The molecule has 3 heteroatoms. The summed E-state index contributed by atoms with van der Waals surface area (Å²) in [5, 5.41) is 3.59. The second-order valence-electron chi connectivity index (χ2n) is 4.85. The third-order valence-electron chi connectivity index (χ3n) is 3.47. The summed E-state index contributed by atoms with van der Waals surface area (Å²) < 4.78 is 0. The molecule has 2 unspecified atom stereocenters. The normalized spacial score (nSPS) is 26.3. The molecule has 0 aromatic heterocycles. The van der Waals surface area contributed by atoms with Crippen LogP contribution in [-0.4, -0.2) is 62.2 Å². The highest BCUT2D eigenvalue weighted by Gasteiger charge is 2.26. The monoisotopic (exact) mass is 225 g/mol. The number of hydrogen-bond donors (Lipinski definition) is 1. The molecule has 1 heterocycles. The molecule has 1 aliphatic heterocycles. The molecule has 0 aromatic rings. The van der Waals surface area contributed by atoms with Gasteiger partial charge in [0.1, 0.15) is 0 Å². The van der Waals surface area contributed by atoms with E-state index in [0.29, 0.717) is 12.1 Å². The lowest BCUT2D eigenvalue weighted by molar-refractivity contribution is 0.179. The molecule has 0 aliphatic carbocycles. The van der Waals surface area contributed by atoms with E-state index in [9.17, 15) is 0 Å². The fraction of sp³-hybridized carbons (Fsp3) is 0.846. The van der Waals surface area contributed by atoms with Crippen molar-refractivity contribution in [1.82, 2.24) is 15.1 Å². The molecule has 0 saturated carbocycles. The van der Waals surface area contributed by atoms with Crippen molar-refractivity contribution in [2.45, 2.75) is 31.8 Å². The standard InChI is InChI=1S/C13H27N3/c1-5-8-12(14-6-2)13-11-15(3)9-7-10-16(13)4/h5,12-14H,1,6-11H2,2-4H3. The van der Waals surface area contributed by atoms with E-state index in [1.165, 1.54) is 19.5 Å². The first kappa shape index (κ1) is 13.7. The zero-order chi connectivity index (χ0) is 12.0. The van der Waals surface area contributed by atoms with Gasteiger partial charge in [-0.25, -0.2) is 0 Å². The van der Waals surface area contributed by atoms with Crippen molar-refractivity contribution in [2.75, 3.05) is 40.3 Å². The summed E-state index contributed by atoms with van der Waals surface area (Å²) >= 11 is 0. The van der Waals surface area contributed by atoms with E-state index in [1.54, 1.807) is 0 Å². The Balaban J connectivity index is 2.65. The van der Waals surface area contributed by atoms with Gasteiger partial charge in [0.25, 0.3) is 0 Å². The Morgan fingerprint density at radius 2 is 2.19 bits per heavy atom. The van der Waals surface area contributed by atoms with Crippen molar-refractivity contribution >= 4 is 0 Å². The van der Waals surface area contributed by atoms with Crippen molar-refractivity contribution in [3.8, 4) is 0 Å². The minimum absolute atomic E-state index is 0.535. The van der Waals surface area contributed by atoms with Gasteiger partial charge in [-0.15, -0.1) is 6.58 Å². The van der Waals surface area contributed by atoms with Gasteiger partial charge in [0.15, 0.2) is 0 Å². The highest BCUT2D eigenvalue weighted by molar-refractivity contribution is 4.91. The molecule has 1 aliphatic rings. The van der Waals surface area contributed by atoms with E-state index >= 15 is 0 Å². The van der Waals surface area contributed by atoms with Crippen LogP contribution in [-0.2, 0) is 0 Å². The average Bonchev–Trinajstić information content (AvgIpc) is 2.40. The zero-order valence-corrected chi connectivity index (χ0v) is 11.1. The summed E-state index contributed by atoms with van der Waals surface area (Å²) in [6.45, 7) is 10.7. The van der Waals surface area contributed by atoms with E-state index in [1.807, 2.05) is 6.08 Å². The van der Waals surface area contributed by atoms with E-state index in [2.05, 4.69) is 42.7 Å². The quantitative estimate of drug-likeness (QED) is 0.709. The first-order valence-electron chi connectivity index (χ1n) is 6.42. The van der Waals surface area contributed by atoms with Gasteiger partial charge in [-0.3, -0.25) is 0 Å². The minimum atomic E-state index is 0.535. The smallest absolute Gasteiger partial charge is 0.0376 e. The molecule has 94 valence electrons. The van der Waals surface area contributed by atoms with Crippen LogP contribution < -0.4 is 5.32 Å². The predicted molar refractivity (Wildman–Crippen MR) is 70.8 cm³/mol. The molecule has 1 N–H and O–H groups in total. The van der Waals surface area contributed by atoms with Gasteiger partial charge in [0.2, 0.25) is 0 Å². The largest absolute Gasteiger partial charge is 0.312 e. The van der Waals surface area contributed by atoms with Crippen LogP contribution in [0.3, 0.4) is 0 Å². The van der Waals surface area contributed by atoms with Crippen LogP contribution in [0.2, 0.25) is 0 Å². The van der Waals surface area contributed by atoms with Crippen molar-refractivity contribution in [2.24, 2.45) is 0 Å². The van der Waals surface area contributed by atoms with Gasteiger partial charge in [-0.05, 0) is 46.6 Å². The summed E-state index contributed by atoms with van der Waals surface area (Å²) in [5.41, 5.74) is 0. The van der Waals surface area contributed by atoms with Gasteiger partial charge in [0, 0.05) is 18.6 Å². The van der Waals surface area contributed by atoms with Gasteiger partial charge in [-0.1, -0.05) is 13.0 Å². The highest BCUT2D eigenvalue weighted by atomic mass is 15.2. The Kier molecular flexibility index (Phi) is 6.03. The van der Waals surface area contributed by atoms with Crippen molar-refractivity contribution in [3.63, 3.8) is 0 Å². The molecule has 0 amide bonds. The lowest BCUT2D eigenvalue weighted by atomic mass is 10.0. The van der Waals surface area contributed by atoms with Gasteiger partial charge in [-0.2, -0.15) is 0 Å². The van der Waals surface area contributed by atoms with Crippen LogP contribution in [0.5, 0.6) is 0 Å². The number of hydrogen-bond acceptors (Lipinski definition) is 3. The van der Waals surface area contributed by atoms with E-state index in [0.717, 1.165) is 19.5 Å². The summed E-state index contributed by atoms with van der Waals surface area (Å²) in [6, 6.07) is 1.14. The summed E-state index contributed by atoms with van der Waals surface area (Å²) in [6.07, 6.45) is 4.36. The maximum Gasteiger partial charge on any atom is 0.0376 e. The Labute approximate surface area is 100 Å². The average molecular weight is 225 g/mol. The van der Waals surface area contributed by atoms with Crippen LogP contribution >= 0.6 is 0 Å². The molecule has 1 fully saturated rings. The van der Waals surface area contributed by atoms with Crippen molar-refractivity contribution in [3.05, 3.63) is 12.7 Å². The topological polar surface area (TPSA) is 18.5 Å². The molecule has 16 heavy (non-hydrogen) atoms. The maximum absolute atomic E-state index is 3.87. The summed E-state index contributed by atoms with van der Waals surface area (Å²) in [5.74, 6) is 0. The van der Waals surface area contributed by atoms with E-state index < -0.39 is 0 Å². The Morgan fingerprint density at radius 1 is 1.44 bits per heavy atom. The van der Waals surface area contributed by atoms with Crippen LogP contribution in [0.4, 0.5) is 0 Å². The van der Waals surface area contributed by atoms with Gasteiger partial charge in [0.05, 0.1) is 0 Å². The second kappa shape index (κ2) is 7.05. The molecule has 0 aromatic carbocycles. The molecule has 0 spiro atoms. The van der Waals surface area contributed by atoms with Crippen LogP contribution in [0.15, 0.2) is 12.7 Å². The van der Waals surface area contributed by atoms with Crippen LogP contribution in [0, 0.1) is 0 Å². The SMILES string of the molecule is C=CCC(NCC)C1CN(C)CCCN1C. The fourth-order valence-electron chi connectivity index (χ4n) is 2.56. The van der Waals surface area contributed by atoms with E-state index in [-0.39, 0.29) is 0 Å². The molecule has 3 nitrogen and oxygen atoms in total. The minimum Gasteiger partial charge on any atom is -0.312 e. The molecule has 1 rings (SSSR count). The lowest BCUT2D eigenvalue weighted by Crippen LogP contribution is -2.52. The van der Waals surface area contributed by atoms with Crippen LogP contribution in [0.1, 0.15) is 19.8 Å². The van der Waals surface area contributed by atoms with Gasteiger partial charge < -0.3 is 15.1 Å². The molecule has 0 radical (unpaired) electrons. The molecular weight excluding hydrogens is 198 g/mol. The molecule has 1 saturated heterocycles. The maximum atomic E-state index is 3.87. The first-order valence-corrected chi connectivity index (χ1v) is 6.42. The molecule has 2 atom stereocenters. The van der Waals surface area contributed by atoms with Crippen molar-refractivity contribution in [1.29, 1.82) is 0 Å². The zero-order valence-electron chi connectivity index (χ0n) is 11.1. The fourth-order valence-corrected chi connectivity index (χ4v) is 2.56. The molecular formula is C13H27N3. The highest BCUT2D eigenvalue weighted by Crippen LogP contribution is 2.13. The van der Waals surface area contributed by atoms with E-state index in [4.69, 9.17) is 0 Å². The second-order valence-corrected chi connectivity index (χ2v) is 4.85. The van der Waals surface area contributed by atoms with Crippen molar-refractivity contribution < 1.29 is 0 Å². The van der Waals surface area contributed by atoms with Crippen LogP contribution in [0.25, 0.3) is 0 Å². The number of rotatable bonds is 5. The number of likely N-dealkylation sites (N-methyl/N-ethyl adjacent to an activating group) is 3. The Morgan fingerprint density at radius 3 is 2.81 bits per heavy atom. The first-order chi connectivity index (χ1) is 7.69. The predicted octanol–water partition coefficient (Wildman–Crippen LogP) is 1.18. The third-order valence-corrected chi connectivity index (χ3v) is 3.47. The van der Waals surface area contributed by atoms with Gasteiger partial charge >= 0.3 is 0 Å².